The molecule has 0 saturated carbocycles. The van der Waals surface area contributed by atoms with Gasteiger partial charge < -0.3 is 4.74 Å². The third-order valence-corrected chi connectivity index (χ3v) is 3.66. The smallest absolute Gasteiger partial charge is 0.276 e. The summed E-state index contributed by atoms with van der Waals surface area (Å²) in [7, 11) is 0. The van der Waals surface area contributed by atoms with Gasteiger partial charge in [-0.2, -0.15) is 0 Å². The molecule has 2 amide bonds. The lowest BCUT2D eigenvalue weighted by Gasteiger charge is -2.12. The second-order valence-electron chi connectivity index (χ2n) is 5.88. The second kappa shape index (κ2) is 7.64. The number of carbonyl (C=O) groups is 2. The Morgan fingerprint density at radius 1 is 0.875 bits per heavy atom. The summed E-state index contributed by atoms with van der Waals surface area (Å²) in [5, 5.41) is 0. The minimum Gasteiger partial charge on any atom is -0.483 e. The van der Waals surface area contributed by atoms with Crippen molar-refractivity contribution in [3.8, 4) is 5.75 Å². The zero-order chi connectivity index (χ0) is 17.7. The summed E-state index contributed by atoms with van der Waals surface area (Å²) in [6.45, 7) is 7.45. The topological polar surface area (TPSA) is 67.4 Å². The average Bonchev–Trinajstić information content (AvgIpc) is 2.55. The van der Waals surface area contributed by atoms with E-state index in [4.69, 9.17) is 4.74 Å². The Balaban J connectivity index is 1.88. The molecule has 2 aromatic rings. The Bertz CT molecular complexity index is 769. The molecule has 126 valence electrons. The van der Waals surface area contributed by atoms with Crippen LogP contribution in [-0.2, 0) is 4.79 Å². The van der Waals surface area contributed by atoms with E-state index in [1.165, 1.54) is 0 Å². The van der Waals surface area contributed by atoms with E-state index in [0.717, 1.165) is 22.3 Å². The highest BCUT2D eigenvalue weighted by atomic mass is 16.5. The van der Waals surface area contributed by atoms with Crippen molar-refractivity contribution in [2.45, 2.75) is 27.7 Å². The van der Waals surface area contributed by atoms with Crippen molar-refractivity contribution in [3.05, 3.63) is 64.2 Å². The van der Waals surface area contributed by atoms with Crippen LogP contribution in [0.3, 0.4) is 0 Å². The maximum Gasteiger partial charge on any atom is 0.276 e. The number of hydrazine groups is 1. The molecule has 0 bridgehead atoms. The Labute approximate surface area is 142 Å². The van der Waals surface area contributed by atoms with E-state index in [2.05, 4.69) is 10.9 Å². The number of hydrogen-bond acceptors (Lipinski definition) is 3. The molecule has 2 N–H and O–H groups in total. The molecule has 5 nitrogen and oxygen atoms in total. The first kappa shape index (κ1) is 17.5. The van der Waals surface area contributed by atoms with Crippen LogP contribution in [-0.4, -0.2) is 18.4 Å². The summed E-state index contributed by atoms with van der Waals surface area (Å²) >= 11 is 0. The number of aryl methyl sites for hydroxylation is 4. The molecule has 2 aromatic carbocycles. The van der Waals surface area contributed by atoms with E-state index in [9.17, 15) is 9.59 Å². The van der Waals surface area contributed by atoms with E-state index in [0.29, 0.717) is 11.3 Å². The van der Waals surface area contributed by atoms with Crippen LogP contribution in [0.15, 0.2) is 36.4 Å². The standard InChI is InChI=1S/C19H22N2O3/c1-12-5-7-14(3)16(9-12)19(23)21-20-18(22)11-24-17-10-13(2)6-8-15(17)4/h5-10H,11H2,1-4H3,(H,20,22)(H,21,23). The largest absolute Gasteiger partial charge is 0.483 e. The third-order valence-electron chi connectivity index (χ3n) is 3.66. The molecule has 0 heterocycles. The van der Waals surface area contributed by atoms with Crippen LogP contribution in [0.2, 0.25) is 0 Å². The van der Waals surface area contributed by atoms with Gasteiger partial charge in [-0.1, -0.05) is 29.8 Å². The van der Waals surface area contributed by atoms with Crippen LogP contribution in [0, 0.1) is 27.7 Å². The molecule has 2 rings (SSSR count). The van der Waals surface area contributed by atoms with Gasteiger partial charge in [-0.05, 0) is 56.5 Å². The number of benzene rings is 2. The lowest BCUT2D eigenvalue weighted by atomic mass is 10.1. The highest BCUT2D eigenvalue weighted by Gasteiger charge is 2.11. The fourth-order valence-electron chi connectivity index (χ4n) is 2.22. The van der Waals surface area contributed by atoms with E-state index < -0.39 is 5.91 Å². The summed E-state index contributed by atoms with van der Waals surface area (Å²) in [6, 6.07) is 11.4. The minimum atomic E-state index is -0.422. The highest BCUT2D eigenvalue weighted by molar-refractivity contribution is 5.96. The first-order valence-electron chi connectivity index (χ1n) is 7.73. The third kappa shape index (κ3) is 4.59. The lowest BCUT2D eigenvalue weighted by Crippen LogP contribution is -2.44. The fraction of sp³-hybridized carbons (Fsp3) is 0.263. The van der Waals surface area contributed by atoms with Gasteiger partial charge in [-0.15, -0.1) is 0 Å². The monoisotopic (exact) mass is 326 g/mol. The van der Waals surface area contributed by atoms with Gasteiger partial charge >= 0.3 is 0 Å². The lowest BCUT2D eigenvalue weighted by molar-refractivity contribution is -0.123. The molecule has 0 aliphatic rings. The molecular formula is C19H22N2O3. The van der Waals surface area contributed by atoms with Crippen LogP contribution in [0.25, 0.3) is 0 Å². The predicted molar refractivity (Wildman–Crippen MR) is 92.9 cm³/mol. The van der Waals surface area contributed by atoms with Gasteiger partial charge in [0.05, 0.1) is 0 Å². The molecule has 0 fully saturated rings. The normalized spacial score (nSPS) is 10.2. The molecule has 0 unspecified atom stereocenters. The first-order valence-corrected chi connectivity index (χ1v) is 7.73. The van der Waals surface area contributed by atoms with E-state index in [-0.39, 0.29) is 12.5 Å². The molecule has 0 spiro atoms. The van der Waals surface area contributed by atoms with Gasteiger partial charge in [0.25, 0.3) is 11.8 Å². The van der Waals surface area contributed by atoms with Crippen LogP contribution in [0.5, 0.6) is 5.75 Å². The zero-order valence-electron chi connectivity index (χ0n) is 14.4. The number of amides is 2. The van der Waals surface area contributed by atoms with Crippen LogP contribution < -0.4 is 15.6 Å². The molecule has 24 heavy (non-hydrogen) atoms. The summed E-state index contributed by atoms with van der Waals surface area (Å²) in [5.41, 5.74) is 9.15. The van der Waals surface area contributed by atoms with E-state index in [1.807, 2.05) is 58.0 Å². The van der Waals surface area contributed by atoms with Gasteiger partial charge in [0.2, 0.25) is 0 Å². The Hall–Kier alpha value is -2.82. The van der Waals surface area contributed by atoms with Gasteiger partial charge in [-0.3, -0.25) is 20.4 Å². The Morgan fingerprint density at radius 3 is 2.21 bits per heavy atom. The quantitative estimate of drug-likeness (QED) is 0.849. The van der Waals surface area contributed by atoms with Crippen LogP contribution >= 0.6 is 0 Å². The molecular weight excluding hydrogens is 304 g/mol. The van der Waals surface area contributed by atoms with Crippen molar-refractivity contribution >= 4 is 11.8 Å². The first-order chi connectivity index (χ1) is 11.4. The van der Waals surface area contributed by atoms with Crippen molar-refractivity contribution in [1.82, 2.24) is 10.9 Å². The summed E-state index contributed by atoms with van der Waals surface area (Å²) in [5.74, 6) is -0.114. The molecule has 0 aromatic heterocycles. The molecule has 0 aliphatic carbocycles. The predicted octanol–water partition coefficient (Wildman–Crippen LogP) is 2.76. The number of ether oxygens (including phenoxy) is 1. The van der Waals surface area contributed by atoms with Crippen LogP contribution in [0.1, 0.15) is 32.6 Å². The molecule has 0 saturated heterocycles. The number of rotatable bonds is 4. The minimum absolute atomic E-state index is 0.169. The van der Waals surface area contributed by atoms with Gasteiger partial charge in [0.1, 0.15) is 5.75 Å². The molecule has 0 radical (unpaired) electrons. The Kier molecular flexibility index (Phi) is 5.58. The highest BCUT2D eigenvalue weighted by Crippen LogP contribution is 2.18. The SMILES string of the molecule is Cc1ccc(C)c(OCC(=O)NNC(=O)c2cc(C)ccc2C)c1. The second-order valence-corrected chi connectivity index (χ2v) is 5.88. The number of nitrogens with one attached hydrogen (secondary N) is 2. The van der Waals surface area contributed by atoms with Crippen molar-refractivity contribution in [2.75, 3.05) is 6.61 Å². The number of carbonyl (C=O) groups excluding carboxylic acids is 2. The molecule has 0 aliphatic heterocycles. The molecule has 0 atom stereocenters. The maximum absolute atomic E-state index is 12.1. The van der Waals surface area contributed by atoms with Crippen molar-refractivity contribution in [3.63, 3.8) is 0 Å². The van der Waals surface area contributed by atoms with E-state index in [1.54, 1.807) is 6.07 Å². The Morgan fingerprint density at radius 2 is 1.50 bits per heavy atom. The van der Waals surface area contributed by atoms with Crippen molar-refractivity contribution < 1.29 is 14.3 Å². The summed E-state index contributed by atoms with van der Waals surface area (Å²) in [4.78, 5) is 24.0. The van der Waals surface area contributed by atoms with Crippen molar-refractivity contribution in [1.29, 1.82) is 0 Å². The van der Waals surface area contributed by atoms with Gasteiger partial charge in [-0.25, -0.2) is 0 Å². The van der Waals surface area contributed by atoms with Gasteiger partial charge in [0, 0.05) is 5.56 Å². The maximum atomic E-state index is 12.1. The summed E-state index contributed by atoms with van der Waals surface area (Å²) < 4.78 is 5.50. The number of hydrogen-bond donors (Lipinski definition) is 2. The van der Waals surface area contributed by atoms with Gasteiger partial charge in [0.15, 0.2) is 6.61 Å². The van der Waals surface area contributed by atoms with Crippen LogP contribution in [0.4, 0.5) is 0 Å². The molecule has 5 heteroatoms. The zero-order valence-corrected chi connectivity index (χ0v) is 14.4. The summed E-state index contributed by atoms with van der Waals surface area (Å²) in [6.07, 6.45) is 0. The van der Waals surface area contributed by atoms with Crippen molar-refractivity contribution in [2.24, 2.45) is 0 Å². The fourth-order valence-corrected chi connectivity index (χ4v) is 2.22. The average molecular weight is 326 g/mol. The van der Waals surface area contributed by atoms with E-state index >= 15 is 0 Å².